The first-order valence-corrected chi connectivity index (χ1v) is 12.2. The molecule has 30 heavy (non-hydrogen) atoms. The van der Waals surface area contributed by atoms with Crippen molar-refractivity contribution in [3.05, 3.63) is 35.9 Å². The van der Waals surface area contributed by atoms with Gasteiger partial charge in [0.25, 0.3) is 0 Å². The molecule has 0 bridgehead atoms. The molecule has 0 spiro atoms. The first kappa shape index (κ1) is 21.2. The number of aromatic nitrogens is 2. The molecule has 0 atom stereocenters. The molecule has 7 nitrogen and oxygen atoms in total. The van der Waals surface area contributed by atoms with Gasteiger partial charge in [-0.15, -0.1) is 10.2 Å². The summed E-state index contributed by atoms with van der Waals surface area (Å²) in [4.78, 5) is 4.91. The fourth-order valence-electron chi connectivity index (χ4n) is 4.09. The highest BCUT2D eigenvalue weighted by Crippen LogP contribution is 2.29. The van der Waals surface area contributed by atoms with E-state index in [2.05, 4.69) is 34.0 Å². The van der Waals surface area contributed by atoms with Gasteiger partial charge in [-0.2, -0.15) is 4.31 Å². The third kappa shape index (κ3) is 4.36. The number of likely N-dealkylation sites (N-methyl/N-ethyl adjacent to an activating group) is 1. The second kappa shape index (κ2) is 8.61. The molecule has 3 heterocycles. The van der Waals surface area contributed by atoms with Gasteiger partial charge in [0.15, 0.2) is 5.82 Å². The van der Waals surface area contributed by atoms with Crippen molar-refractivity contribution < 1.29 is 8.42 Å². The molecule has 0 radical (unpaired) electrons. The Morgan fingerprint density at radius 3 is 2.27 bits per heavy atom. The molecule has 4 rings (SSSR count). The Kier molecular flexibility index (Phi) is 6.09. The maximum Gasteiger partial charge on any atom is 0.243 e. The van der Waals surface area contributed by atoms with E-state index in [0.29, 0.717) is 29.6 Å². The van der Waals surface area contributed by atoms with Crippen LogP contribution in [0.1, 0.15) is 25.3 Å². The zero-order valence-electron chi connectivity index (χ0n) is 18.1. The minimum Gasteiger partial charge on any atom is -0.353 e. The summed E-state index contributed by atoms with van der Waals surface area (Å²) >= 11 is 0. The summed E-state index contributed by atoms with van der Waals surface area (Å²) in [6, 6.07) is 9.46. The molecule has 162 valence electrons. The van der Waals surface area contributed by atoms with Crippen LogP contribution in [0.4, 0.5) is 5.82 Å². The van der Waals surface area contributed by atoms with E-state index in [1.54, 1.807) is 10.4 Å². The number of rotatable bonds is 4. The van der Waals surface area contributed by atoms with Gasteiger partial charge in [0.2, 0.25) is 10.0 Å². The van der Waals surface area contributed by atoms with Crippen molar-refractivity contribution in [2.75, 3.05) is 51.2 Å². The van der Waals surface area contributed by atoms with Gasteiger partial charge in [0, 0.05) is 44.8 Å². The molecule has 2 fully saturated rings. The van der Waals surface area contributed by atoms with Crippen molar-refractivity contribution in [1.82, 2.24) is 19.4 Å². The number of hydrogen-bond donors (Lipinski definition) is 0. The zero-order chi connectivity index (χ0) is 21.3. The fourth-order valence-corrected chi connectivity index (χ4v) is 5.81. The molecule has 2 aliphatic heterocycles. The molecule has 0 saturated carbocycles. The Hall–Kier alpha value is -2.03. The summed E-state index contributed by atoms with van der Waals surface area (Å²) in [7, 11) is -1.38. The van der Waals surface area contributed by atoms with Crippen LogP contribution in [-0.2, 0) is 10.0 Å². The zero-order valence-corrected chi connectivity index (χ0v) is 18.9. The van der Waals surface area contributed by atoms with E-state index in [1.807, 2.05) is 31.2 Å². The van der Waals surface area contributed by atoms with Crippen LogP contribution in [0.3, 0.4) is 0 Å². The van der Waals surface area contributed by atoms with Gasteiger partial charge in [0.1, 0.15) is 0 Å². The maximum absolute atomic E-state index is 13.3. The van der Waals surface area contributed by atoms with Crippen molar-refractivity contribution >= 4 is 15.8 Å². The lowest BCUT2D eigenvalue weighted by Gasteiger charge is -2.32. The average Bonchev–Trinajstić information content (AvgIpc) is 2.75. The molecule has 0 N–H and O–H groups in total. The number of benzene rings is 1. The van der Waals surface area contributed by atoms with Crippen molar-refractivity contribution in [3.8, 4) is 11.3 Å². The van der Waals surface area contributed by atoms with Gasteiger partial charge in [-0.05, 0) is 56.5 Å². The average molecular weight is 430 g/mol. The predicted molar refractivity (Wildman–Crippen MR) is 119 cm³/mol. The Morgan fingerprint density at radius 1 is 0.933 bits per heavy atom. The van der Waals surface area contributed by atoms with E-state index < -0.39 is 10.0 Å². The second-order valence-electron chi connectivity index (χ2n) is 8.63. The lowest BCUT2D eigenvalue weighted by molar-refractivity contribution is 0.288. The van der Waals surface area contributed by atoms with E-state index in [0.717, 1.165) is 56.0 Å². The van der Waals surface area contributed by atoms with E-state index in [9.17, 15) is 8.42 Å². The lowest BCUT2D eigenvalue weighted by Crippen LogP contribution is -2.44. The topological polar surface area (TPSA) is 69.6 Å². The van der Waals surface area contributed by atoms with Crippen molar-refractivity contribution in [2.24, 2.45) is 5.92 Å². The van der Waals surface area contributed by atoms with E-state index >= 15 is 0 Å². The summed E-state index contributed by atoms with van der Waals surface area (Å²) in [6.07, 6.45) is 1.83. The number of anilines is 1. The highest BCUT2D eigenvalue weighted by atomic mass is 32.2. The summed E-state index contributed by atoms with van der Waals surface area (Å²) in [5, 5.41) is 8.82. The van der Waals surface area contributed by atoms with Gasteiger partial charge < -0.3 is 9.80 Å². The monoisotopic (exact) mass is 429 g/mol. The molecule has 1 aromatic heterocycles. The third-order valence-corrected chi connectivity index (χ3v) is 8.36. The van der Waals surface area contributed by atoms with Gasteiger partial charge in [0.05, 0.1) is 10.6 Å². The largest absolute Gasteiger partial charge is 0.353 e. The van der Waals surface area contributed by atoms with Gasteiger partial charge >= 0.3 is 0 Å². The van der Waals surface area contributed by atoms with Gasteiger partial charge in [-0.25, -0.2) is 8.42 Å². The Bertz CT molecular complexity index is 977. The standard InChI is InChI=1S/C22H31N5O2S/c1-17-8-10-27(11-9-17)30(28,29)21-16-19(5-4-18(21)2)20-6-7-22(24-23-20)26-14-12-25(3)13-15-26/h4-7,16-17H,8-15H2,1-3H3. The molecule has 2 aromatic rings. The van der Waals surface area contributed by atoms with Crippen molar-refractivity contribution in [3.63, 3.8) is 0 Å². The molecule has 1 aromatic carbocycles. The lowest BCUT2D eigenvalue weighted by atomic mass is 10.0. The van der Waals surface area contributed by atoms with Crippen molar-refractivity contribution in [1.29, 1.82) is 0 Å². The van der Waals surface area contributed by atoms with E-state index in [-0.39, 0.29) is 0 Å². The van der Waals surface area contributed by atoms with Crippen LogP contribution in [0.25, 0.3) is 11.3 Å². The molecule has 0 unspecified atom stereocenters. The smallest absolute Gasteiger partial charge is 0.243 e. The highest BCUT2D eigenvalue weighted by Gasteiger charge is 2.29. The number of sulfonamides is 1. The molecule has 8 heteroatoms. The molecule has 0 amide bonds. The van der Waals surface area contributed by atoms with Crippen LogP contribution >= 0.6 is 0 Å². The van der Waals surface area contributed by atoms with Gasteiger partial charge in [-0.1, -0.05) is 19.1 Å². The third-order valence-electron chi connectivity index (χ3n) is 6.32. The number of aryl methyl sites for hydroxylation is 1. The highest BCUT2D eigenvalue weighted by molar-refractivity contribution is 7.89. The first-order valence-electron chi connectivity index (χ1n) is 10.7. The van der Waals surface area contributed by atoms with E-state index in [1.165, 1.54) is 0 Å². The Morgan fingerprint density at radius 2 is 1.63 bits per heavy atom. The number of piperazine rings is 1. The van der Waals surface area contributed by atoms with Crippen LogP contribution in [0.2, 0.25) is 0 Å². The Labute approximate surface area is 179 Å². The minimum absolute atomic E-state index is 0.375. The summed E-state index contributed by atoms with van der Waals surface area (Å²) < 4.78 is 28.2. The fraction of sp³-hybridized carbons (Fsp3) is 0.545. The summed E-state index contributed by atoms with van der Waals surface area (Å²) in [6.45, 7) is 9.11. The number of hydrogen-bond acceptors (Lipinski definition) is 6. The second-order valence-corrected chi connectivity index (χ2v) is 10.5. The summed E-state index contributed by atoms with van der Waals surface area (Å²) in [5.41, 5.74) is 2.23. The minimum atomic E-state index is -3.50. The van der Waals surface area contributed by atoms with Crippen LogP contribution in [-0.4, -0.2) is 74.1 Å². The quantitative estimate of drug-likeness (QED) is 0.744. The first-order chi connectivity index (χ1) is 14.3. The normalized spacial score (nSPS) is 19.9. The molecule has 2 aliphatic rings. The predicted octanol–water partition coefficient (Wildman–Crippen LogP) is 2.62. The molecular weight excluding hydrogens is 398 g/mol. The summed E-state index contributed by atoms with van der Waals surface area (Å²) in [5.74, 6) is 1.45. The number of nitrogens with zero attached hydrogens (tertiary/aromatic N) is 5. The van der Waals surface area contributed by atoms with Crippen molar-refractivity contribution in [2.45, 2.75) is 31.6 Å². The molecule has 0 aliphatic carbocycles. The number of piperidine rings is 1. The Balaban J connectivity index is 1.57. The van der Waals surface area contributed by atoms with Gasteiger partial charge in [-0.3, -0.25) is 0 Å². The van der Waals surface area contributed by atoms with Crippen LogP contribution in [0.5, 0.6) is 0 Å². The van der Waals surface area contributed by atoms with E-state index in [4.69, 9.17) is 0 Å². The van der Waals surface area contributed by atoms with Crippen LogP contribution in [0, 0.1) is 12.8 Å². The SMILES string of the molecule is Cc1ccc(-c2ccc(N3CCN(C)CC3)nn2)cc1S(=O)(=O)N1CCC(C)CC1. The van der Waals surface area contributed by atoms with Crippen LogP contribution in [0.15, 0.2) is 35.2 Å². The molecular formula is C22H31N5O2S. The maximum atomic E-state index is 13.3. The molecule has 2 saturated heterocycles. The van der Waals surface area contributed by atoms with Crippen LogP contribution < -0.4 is 4.90 Å².